The lowest BCUT2D eigenvalue weighted by molar-refractivity contribution is 0.886. The van der Waals surface area contributed by atoms with Crippen molar-refractivity contribution in [2.75, 3.05) is 5.73 Å². The van der Waals surface area contributed by atoms with E-state index in [1.165, 1.54) is 5.56 Å². The molecule has 0 aliphatic carbocycles. The molecule has 0 spiro atoms. The Bertz CT molecular complexity index is 980. The van der Waals surface area contributed by atoms with E-state index < -0.39 is 0 Å². The van der Waals surface area contributed by atoms with Crippen LogP contribution in [-0.4, -0.2) is 14.8 Å². The first-order valence-corrected chi connectivity index (χ1v) is 9.33. The summed E-state index contributed by atoms with van der Waals surface area (Å²) < 4.78 is 2.10. The predicted molar refractivity (Wildman–Crippen MR) is 107 cm³/mol. The van der Waals surface area contributed by atoms with Crippen molar-refractivity contribution in [3.8, 4) is 17.1 Å². The fourth-order valence-corrected chi connectivity index (χ4v) is 3.62. The van der Waals surface area contributed by atoms with Crippen LogP contribution in [0.1, 0.15) is 5.56 Å². The number of nitrogens with two attached hydrogens (primary N) is 1. The summed E-state index contributed by atoms with van der Waals surface area (Å²) in [6.45, 7) is 0. The molecule has 0 saturated carbocycles. The molecule has 0 saturated heterocycles. The molecule has 1 aromatic heterocycles. The second-order valence-corrected chi connectivity index (χ2v) is 6.82. The highest BCUT2D eigenvalue weighted by Crippen LogP contribution is 2.29. The Labute approximate surface area is 156 Å². The first-order valence-electron chi connectivity index (χ1n) is 8.35. The molecule has 3 aromatic carbocycles. The van der Waals surface area contributed by atoms with Gasteiger partial charge in [-0.15, -0.1) is 10.2 Å². The molecule has 0 radical (unpaired) electrons. The molecule has 0 aliphatic heterocycles. The standard InChI is InChI=1S/C21H18N4S/c22-18-13-11-17(12-14-18)20-23-24-21(25(20)19-9-5-2-6-10-19)26-15-16-7-3-1-4-8-16/h1-14H,15,22H2. The van der Waals surface area contributed by atoms with Crippen molar-refractivity contribution in [2.45, 2.75) is 10.9 Å². The van der Waals surface area contributed by atoms with Crippen molar-refractivity contribution in [3.63, 3.8) is 0 Å². The number of anilines is 1. The van der Waals surface area contributed by atoms with E-state index in [2.05, 4.69) is 51.2 Å². The van der Waals surface area contributed by atoms with Gasteiger partial charge < -0.3 is 5.73 Å². The van der Waals surface area contributed by atoms with E-state index in [-0.39, 0.29) is 0 Å². The summed E-state index contributed by atoms with van der Waals surface area (Å²) in [6, 6.07) is 28.3. The van der Waals surface area contributed by atoms with Crippen molar-refractivity contribution in [1.82, 2.24) is 14.8 Å². The maximum absolute atomic E-state index is 5.82. The summed E-state index contributed by atoms with van der Waals surface area (Å²) in [5.41, 5.74) is 9.85. The predicted octanol–water partition coefficient (Wildman–Crippen LogP) is 4.81. The van der Waals surface area contributed by atoms with Crippen molar-refractivity contribution < 1.29 is 0 Å². The normalized spacial score (nSPS) is 10.8. The van der Waals surface area contributed by atoms with Gasteiger partial charge in [0.05, 0.1) is 0 Å². The molecule has 4 rings (SSSR count). The van der Waals surface area contributed by atoms with E-state index in [4.69, 9.17) is 5.73 Å². The molecule has 2 N–H and O–H groups in total. The minimum Gasteiger partial charge on any atom is -0.399 e. The van der Waals surface area contributed by atoms with Gasteiger partial charge in [-0.25, -0.2) is 0 Å². The maximum atomic E-state index is 5.82. The van der Waals surface area contributed by atoms with Gasteiger partial charge in [-0.05, 0) is 42.0 Å². The highest BCUT2D eigenvalue weighted by Gasteiger charge is 2.16. The molecule has 4 aromatic rings. The summed E-state index contributed by atoms with van der Waals surface area (Å²) in [7, 11) is 0. The number of nitrogens with zero attached hydrogens (tertiary/aromatic N) is 3. The lowest BCUT2D eigenvalue weighted by Crippen LogP contribution is -1.99. The fourth-order valence-electron chi connectivity index (χ4n) is 2.71. The number of aromatic nitrogens is 3. The van der Waals surface area contributed by atoms with Crippen LogP contribution >= 0.6 is 11.8 Å². The summed E-state index contributed by atoms with van der Waals surface area (Å²) in [5, 5.41) is 9.77. The van der Waals surface area contributed by atoms with Crippen LogP contribution in [0.25, 0.3) is 17.1 Å². The molecule has 1 heterocycles. The third-order valence-electron chi connectivity index (χ3n) is 4.03. The van der Waals surface area contributed by atoms with E-state index >= 15 is 0 Å². The van der Waals surface area contributed by atoms with Crippen LogP contribution in [0.4, 0.5) is 5.69 Å². The summed E-state index contributed by atoms with van der Waals surface area (Å²) in [4.78, 5) is 0. The summed E-state index contributed by atoms with van der Waals surface area (Å²) in [6.07, 6.45) is 0. The van der Waals surface area contributed by atoms with Crippen LogP contribution in [0.3, 0.4) is 0 Å². The molecule has 0 atom stereocenters. The Morgan fingerprint density at radius 2 is 1.42 bits per heavy atom. The number of nitrogen functional groups attached to an aromatic ring is 1. The Morgan fingerprint density at radius 3 is 2.12 bits per heavy atom. The molecular formula is C21H18N4S. The molecular weight excluding hydrogens is 340 g/mol. The zero-order valence-corrected chi connectivity index (χ0v) is 14.9. The summed E-state index contributed by atoms with van der Waals surface area (Å²) >= 11 is 1.68. The SMILES string of the molecule is Nc1ccc(-c2nnc(SCc3ccccc3)n2-c2ccccc2)cc1. The van der Waals surface area contributed by atoms with Gasteiger partial charge in [0.25, 0.3) is 0 Å². The lowest BCUT2D eigenvalue weighted by Gasteiger charge is -2.10. The zero-order chi connectivity index (χ0) is 17.8. The van der Waals surface area contributed by atoms with Gasteiger partial charge in [0.1, 0.15) is 0 Å². The number of hydrogen-bond acceptors (Lipinski definition) is 4. The van der Waals surface area contributed by atoms with Gasteiger partial charge >= 0.3 is 0 Å². The van der Waals surface area contributed by atoms with E-state index in [1.54, 1.807) is 11.8 Å². The van der Waals surface area contributed by atoms with E-state index in [1.807, 2.05) is 48.5 Å². The molecule has 0 bridgehead atoms. The van der Waals surface area contributed by atoms with Gasteiger partial charge in [-0.1, -0.05) is 60.3 Å². The Hall–Kier alpha value is -3.05. The highest BCUT2D eigenvalue weighted by atomic mass is 32.2. The average Bonchev–Trinajstić information content (AvgIpc) is 3.12. The molecule has 26 heavy (non-hydrogen) atoms. The van der Waals surface area contributed by atoms with E-state index in [0.29, 0.717) is 0 Å². The van der Waals surface area contributed by atoms with Gasteiger partial charge in [0.15, 0.2) is 11.0 Å². The van der Waals surface area contributed by atoms with E-state index in [0.717, 1.165) is 33.7 Å². The van der Waals surface area contributed by atoms with Crippen LogP contribution < -0.4 is 5.73 Å². The summed E-state index contributed by atoms with van der Waals surface area (Å²) in [5.74, 6) is 1.65. The van der Waals surface area contributed by atoms with Crippen molar-refractivity contribution >= 4 is 17.4 Å². The second kappa shape index (κ2) is 7.45. The molecule has 0 unspecified atom stereocenters. The zero-order valence-electron chi connectivity index (χ0n) is 14.1. The topological polar surface area (TPSA) is 56.7 Å². The number of thioether (sulfide) groups is 1. The first kappa shape index (κ1) is 16.4. The van der Waals surface area contributed by atoms with E-state index in [9.17, 15) is 0 Å². The third kappa shape index (κ3) is 3.48. The minimum absolute atomic E-state index is 0.734. The Morgan fingerprint density at radius 1 is 0.769 bits per heavy atom. The first-order chi connectivity index (χ1) is 12.8. The monoisotopic (exact) mass is 358 g/mol. The number of benzene rings is 3. The molecule has 0 aliphatic rings. The Kier molecular flexibility index (Phi) is 4.71. The van der Waals surface area contributed by atoms with Gasteiger partial charge in [0.2, 0.25) is 0 Å². The highest BCUT2D eigenvalue weighted by molar-refractivity contribution is 7.98. The van der Waals surface area contributed by atoms with Crippen LogP contribution in [0.15, 0.2) is 90.1 Å². The van der Waals surface area contributed by atoms with Crippen LogP contribution in [0.2, 0.25) is 0 Å². The average molecular weight is 358 g/mol. The van der Waals surface area contributed by atoms with Gasteiger partial charge in [0, 0.05) is 22.7 Å². The molecule has 128 valence electrons. The van der Waals surface area contributed by atoms with Crippen LogP contribution in [-0.2, 0) is 5.75 Å². The number of hydrogen-bond donors (Lipinski definition) is 1. The fraction of sp³-hybridized carbons (Fsp3) is 0.0476. The van der Waals surface area contributed by atoms with Crippen LogP contribution in [0, 0.1) is 0 Å². The van der Waals surface area contributed by atoms with Crippen molar-refractivity contribution in [2.24, 2.45) is 0 Å². The molecule has 5 heteroatoms. The number of rotatable bonds is 5. The van der Waals surface area contributed by atoms with Gasteiger partial charge in [-0.3, -0.25) is 4.57 Å². The smallest absolute Gasteiger partial charge is 0.196 e. The van der Waals surface area contributed by atoms with Crippen LogP contribution in [0.5, 0.6) is 0 Å². The van der Waals surface area contributed by atoms with Crippen molar-refractivity contribution in [1.29, 1.82) is 0 Å². The largest absolute Gasteiger partial charge is 0.399 e. The minimum atomic E-state index is 0.734. The number of para-hydroxylation sites is 1. The maximum Gasteiger partial charge on any atom is 0.196 e. The van der Waals surface area contributed by atoms with Crippen molar-refractivity contribution in [3.05, 3.63) is 90.5 Å². The van der Waals surface area contributed by atoms with Gasteiger partial charge in [-0.2, -0.15) is 0 Å². The third-order valence-corrected chi connectivity index (χ3v) is 5.03. The molecule has 0 fully saturated rings. The quantitative estimate of drug-likeness (QED) is 0.411. The Balaban J connectivity index is 1.73. The molecule has 4 nitrogen and oxygen atoms in total. The second-order valence-electron chi connectivity index (χ2n) is 5.87. The lowest BCUT2D eigenvalue weighted by atomic mass is 10.2. The molecule has 0 amide bonds.